The van der Waals surface area contributed by atoms with Gasteiger partial charge in [-0.15, -0.1) is 0 Å². The zero-order chi connectivity index (χ0) is 15.4. The van der Waals surface area contributed by atoms with E-state index in [-0.39, 0.29) is 11.9 Å². The number of hydrogen-bond donors (Lipinski definition) is 1. The maximum Gasteiger partial charge on any atom is 0.223 e. The van der Waals surface area contributed by atoms with Crippen molar-refractivity contribution in [2.75, 3.05) is 19.6 Å². The Balaban J connectivity index is 1.68. The van der Waals surface area contributed by atoms with Crippen LogP contribution in [0.5, 0.6) is 0 Å². The minimum absolute atomic E-state index is 0.133. The summed E-state index contributed by atoms with van der Waals surface area (Å²) >= 11 is 0. The maximum atomic E-state index is 12.7. The van der Waals surface area contributed by atoms with Gasteiger partial charge in [0.05, 0.1) is 6.04 Å². The van der Waals surface area contributed by atoms with E-state index < -0.39 is 0 Å². The van der Waals surface area contributed by atoms with Gasteiger partial charge in [0.15, 0.2) is 0 Å². The van der Waals surface area contributed by atoms with Gasteiger partial charge in [-0.25, -0.2) is 0 Å². The highest BCUT2D eigenvalue weighted by Crippen LogP contribution is 2.23. The first-order valence-corrected chi connectivity index (χ1v) is 7.78. The minimum Gasteiger partial charge on any atom is -0.333 e. The zero-order valence-electron chi connectivity index (χ0n) is 12.9. The summed E-state index contributed by atoms with van der Waals surface area (Å²) in [4.78, 5) is 14.7. The molecule has 0 unspecified atom stereocenters. The Morgan fingerprint density at radius 1 is 1.32 bits per heavy atom. The highest BCUT2D eigenvalue weighted by atomic mass is 16.2. The topological polar surface area (TPSA) is 50.2 Å². The molecule has 1 aliphatic heterocycles. The number of aromatic nitrogens is 2. The normalized spacial score (nSPS) is 18.4. The number of carbonyl (C=O) groups is 1. The van der Waals surface area contributed by atoms with Gasteiger partial charge in [0, 0.05) is 45.0 Å². The van der Waals surface area contributed by atoms with Gasteiger partial charge in [0.25, 0.3) is 0 Å². The van der Waals surface area contributed by atoms with Gasteiger partial charge >= 0.3 is 0 Å². The summed E-state index contributed by atoms with van der Waals surface area (Å²) in [5, 5.41) is 7.54. The molecule has 0 radical (unpaired) electrons. The van der Waals surface area contributed by atoms with Crippen LogP contribution in [0, 0.1) is 0 Å². The smallest absolute Gasteiger partial charge is 0.223 e. The molecule has 22 heavy (non-hydrogen) atoms. The van der Waals surface area contributed by atoms with Crippen LogP contribution in [-0.2, 0) is 18.3 Å². The summed E-state index contributed by atoms with van der Waals surface area (Å²) in [6.45, 7) is 2.45. The largest absolute Gasteiger partial charge is 0.333 e. The van der Waals surface area contributed by atoms with Gasteiger partial charge in [0.1, 0.15) is 0 Å². The number of carbonyl (C=O) groups excluding carboxylic acids is 1. The summed E-state index contributed by atoms with van der Waals surface area (Å²) in [5.74, 6) is 0.219. The predicted octanol–water partition coefficient (Wildman–Crippen LogP) is 1.53. The van der Waals surface area contributed by atoms with Gasteiger partial charge in [-0.05, 0) is 18.1 Å². The van der Waals surface area contributed by atoms with E-state index in [9.17, 15) is 4.79 Å². The molecule has 0 saturated carbocycles. The van der Waals surface area contributed by atoms with E-state index in [1.54, 1.807) is 6.20 Å². The van der Waals surface area contributed by atoms with Crippen molar-refractivity contribution in [3.05, 3.63) is 53.9 Å². The Kier molecular flexibility index (Phi) is 4.53. The summed E-state index contributed by atoms with van der Waals surface area (Å²) in [6.07, 6.45) is 3.04. The SMILES string of the molecule is Cn1nccc1CCC(=O)N1CCNC[C@H]1c1ccccc1. The van der Waals surface area contributed by atoms with E-state index in [1.165, 1.54) is 5.56 Å². The Labute approximate surface area is 130 Å². The van der Waals surface area contributed by atoms with Crippen LogP contribution in [0.25, 0.3) is 0 Å². The average Bonchev–Trinajstić information content (AvgIpc) is 2.98. The Morgan fingerprint density at radius 3 is 2.86 bits per heavy atom. The van der Waals surface area contributed by atoms with Crippen LogP contribution in [0.4, 0.5) is 0 Å². The third-order valence-corrected chi connectivity index (χ3v) is 4.27. The fourth-order valence-electron chi connectivity index (χ4n) is 3.00. The fourth-order valence-corrected chi connectivity index (χ4v) is 3.00. The number of aryl methyl sites for hydroxylation is 2. The molecular formula is C17H22N4O. The molecule has 1 aromatic carbocycles. The van der Waals surface area contributed by atoms with Crippen molar-refractivity contribution in [1.82, 2.24) is 20.0 Å². The number of amides is 1. The first-order valence-electron chi connectivity index (χ1n) is 7.78. The van der Waals surface area contributed by atoms with Crippen LogP contribution in [0.1, 0.15) is 23.7 Å². The second kappa shape index (κ2) is 6.75. The van der Waals surface area contributed by atoms with Crippen LogP contribution >= 0.6 is 0 Å². The lowest BCUT2D eigenvalue weighted by atomic mass is 10.0. The second-order valence-electron chi connectivity index (χ2n) is 5.66. The minimum atomic E-state index is 0.133. The van der Waals surface area contributed by atoms with Gasteiger partial charge in [-0.1, -0.05) is 30.3 Å². The lowest BCUT2D eigenvalue weighted by Crippen LogP contribution is -2.48. The van der Waals surface area contributed by atoms with Crippen molar-refractivity contribution >= 4 is 5.91 Å². The Bertz CT molecular complexity index is 623. The van der Waals surface area contributed by atoms with E-state index in [1.807, 2.05) is 40.9 Å². The number of hydrogen-bond acceptors (Lipinski definition) is 3. The van der Waals surface area contributed by atoms with Gasteiger partial charge in [-0.2, -0.15) is 5.10 Å². The number of nitrogens with one attached hydrogen (secondary N) is 1. The van der Waals surface area contributed by atoms with Crippen molar-refractivity contribution in [1.29, 1.82) is 0 Å². The summed E-state index contributed by atoms with van der Waals surface area (Å²) < 4.78 is 1.83. The van der Waals surface area contributed by atoms with Crippen molar-refractivity contribution < 1.29 is 4.79 Å². The molecule has 1 aromatic heterocycles. The summed E-state index contributed by atoms with van der Waals surface area (Å²) in [5.41, 5.74) is 2.29. The van der Waals surface area contributed by atoms with Crippen molar-refractivity contribution in [3.63, 3.8) is 0 Å². The van der Waals surface area contributed by atoms with E-state index in [0.717, 1.165) is 31.7 Å². The summed E-state index contributed by atoms with van der Waals surface area (Å²) in [7, 11) is 1.91. The van der Waals surface area contributed by atoms with Crippen LogP contribution in [-0.4, -0.2) is 40.2 Å². The average molecular weight is 298 g/mol. The quantitative estimate of drug-likeness (QED) is 0.931. The van der Waals surface area contributed by atoms with Gasteiger partial charge < -0.3 is 10.2 Å². The van der Waals surface area contributed by atoms with Gasteiger partial charge in [-0.3, -0.25) is 9.48 Å². The summed E-state index contributed by atoms with van der Waals surface area (Å²) in [6, 6.07) is 12.4. The van der Waals surface area contributed by atoms with Crippen LogP contribution in [0.15, 0.2) is 42.6 Å². The molecule has 1 fully saturated rings. The molecule has 5 heteroatoms. The molecule has 116 valence electrons. The molecule has 1 atom stereocenters. The molecule has 2 aromatic rings. The number of benzene rings is 1. The highest BCUT2D eigenvalue weighted by Gasteiger charge is 2.27. The third kappa shape index (κ3) is 3.20. The van der Waals surface area contributed by atoms with E-state index in [0.29, 0.717) is 6.42 Å². The first-order chi connectivity index (χ1) is 10.8. The molecule has 3 rings (SSSR count). The Hall–Kier alpha value is -2.14. The molecule has 1 saturated heterocycles. The van der Waals surface area contributed by atoms with E-state index >= 15 is 0 Å². The van der Waals surface area contributed by atoms with Crippen molar-refractivity contribution in [2.24, 2.45) is 7.05 Å². The van der Waals surface area contributed by atoms with E-state index in [2.05, 4.69) is 22.5 Å². The molecule has 0 aliphatic carbocycles. The first kappa shape index (κ1) is 14.8. The lowest BCUT2D eigenvalue weighted by molar-refractivity contribution is -0.134. The standard InChI is InChI=1S/C17H22N4O/c1-20-15(9-10-19-20)7-8-17(22)21-12-11-18-13-16(21)14-5-3-2-4-6-14/h2-6,9-10,16,18H,7-8,11-13H2,1H3/t16-/m0/s1. The van der Waals surface area contributed by atoms with Crippen LogP contribution < -0.4 is 5.32 Å². The second-order valence-corrected chi connectivity index (χ2v) is 5.66. The lowest BCUT2D eigenvalue weighted by Gasteiger charge is -2.36. The molecule has 2 heterocycles. The predicted molar refractivity (Wildman–Crippen MR) is 85.3 cm³/mol. The van der Waals surface area contributed by atoms with Gasteiger partial charge in [0.2, 0.25) is 5.91 Å². The number of rotatable bonds is 4. The zero-order valence-corrected chi connectivity index (χ0v) is 12.9. The molecule has 0 bridgehead atoms. The maximum absolute atomic E-state index is 12.7. The molecule has 1 N–H and O–H groups in total. The fraction of sp³-hybridized carbons (Fsp3) is 0.412. The highest BCUT2D eigenvalue weighted by molar-refractivity contribution is 5.77. The molecule has 0 spiro atoms. The van der Waals surface area contributed by atoms with Crippen molar-refractivity contribution in [3.8, 4) is 0 Å². The third-order valence-electron chi connectivity index (χ3n) is 4.27. The van der Waals surface area contributed by atoms with E-state index in [4.69, 9.17) is 0 Å². The van der Waals surface area contributed by atoms with Crippen molar-refractivity contribution in [2.45, 2.75) is 18.9 Å². The molecular weight excluding hydrogens is 276 g/mol. The van der Waals surface area contributed by atoms with Crippen LogP contribution in [0.3, 0.4) is 0 Å². The molecule has 5 nitrogen and oxygen atoms in total. The number of piperazine rings is 1. The molecule has 1 amide bonds. The number of nitrogens with zero attached hydrogens (tertiary/aromatic N) is 3. The Morgan fingerprint density at radius 2 is 2.14 bits per heavy atom. The monoisotopic (exact) mass is 298 g/mol. The van der Waals surface area contributed by atoms with Crippen LogP contribution in [0.2, 0.25) is 0 Å². The molecule has 1 aliphatic rings.